The Morgan fingerprint density at radius 2 is 1.72 bits per heavy atom. The topological polar surface area (TPSA) is 81.4 Å². The van der Waals surface area contributed by atoms with Gasteiger partial charge in [-0.15, -0.1) is 0 Å². The van der Waals surface area contributed by atoms with Crippen molar-refractivity contribution in [2.24, 2.45) is 17.1 Å². The van der Waals surface area contributed by atoms with Crippen LogP contribution in [0.25, 0.3) is 0 Å². The van der Waals surface area contributed by atoms with E-state index in [1.54, 1.807) is 20.8 Å². The molecule has 2 atom stereocenters. The highest BCUT2D eigenvalue weighted by Crippen LogP contribution is 2.17. The molecule has 0 aliphatic carbocycles. The average molecular weight is 258 g/mol. The van der Waals surface area contributed by atoms with Crippen molar-refractivity contribution in [1.82, 2.24) is 5.32 Å². The first-order valence-corrected chi connectivity index (χ1v) is 6.29. The fourth-order valence-electron chi connectivity index (χ4n) is 1.19. The van der Waals surface area contributed by atoms with Crippen molar-refractivity contribution in [3.05, 3.63) is 0 Å². The second kappa shape index (κ2) is 6.73. The zero-order chi connectivity index (χ0) is 14.5. The van der Waals surface area contributed by atoms with Crippen LogP contribution < -0.4 is 11.1 Å². The summed E-state index contributed by atoms with van der Waals surface area (Å²) in [6.07, 6.45) is -0.146. The van der Waals surface area contributed by atoms with Gasteiger partial charge >= 0.3 is 5.97 Å². The minimum absolute atomic E-state index is 0.146. The van der Waals surface area contributed by atoms with Crippen LogP contribution in [0.1, 0.15) is 41.5 Å². The third-order valence-corrected chi connectivity index (χ3v) is 2.55. The van der Waals surface area contributed by atoms with Gasteiger partial charge in [-0.3, -0.25) is 9.59 Å². The lowest BCUT2D eigenvalue weighted by Gasteiger charge is -2.26. The molecule has 0 fully saturated rings. The Morgan fingerprint density at radius 3 is 2.11 bits per heavy atom. The molecule has 0 aromatic heterocycles. The normalized spacial score (nSPS) is 15.1. The Morgan fingerprint density at radius 1 is 1.22 bits per heavy atom. The van der Waals surface area contributed by atoms with Gasteiger partial charge in [0.15, 0.2) is 0 Å². The van der Waals surface area contributed by atoms with E-state index in [0.29, 0.717) is 0 Å². The lowest BCUT2D eigenvalue weighted by Crippen LogP contribution is -2.49. The van der Waals surface area contributed by atoms with Gasteiger partial charge in [-0.25, -0.2) is 0 Å². The molecular formula is C13H26N2O3. The molecule has 0 saturated heterocycles. The van der Waals surface area contributed by atoms with Crippen LogP contribution in [0, 0.1) is 11.3 Å². The summed E-state index contributed by atoms with van der Waals surface area (Å²) in [6, 6.07) is -0.592. The van der Waals surface area contributed by atoms with E-state index in [1.807, 2.05) is 20.8 Å². The number of ether oxygens (including phenoxy) is 1. The standard InChI is InChI=1S/C13H26N2O3/c1-8(2)18-12(17)9(3)7-15-11(16)10(14)13(4,5)6/h8-10H,7,14H2,1-6H3,(H,15,16)/t9?,10-/m1/s1. The smallest absolute Gasteiger partial charge is 0.310 e. The van der Waals surface area contributed by atoms with E-state index < -0.39 is 6.04 Å². The van der Waals surface area contributed by atoms with E-state index in [1.165, 1.54) is 0 Å². The van der Waals surface area contributed by atoms with Crippen molar-refractivity contribution in [2.45, 2.75) is 53.7 Å². The van der Waals surface area contributed by atoms with Gasteiger partial charge in [0, 0.05) is 6.54 Å². The number of carbonyl (C=O) groups excluding carboxylic acids is 2. The highest BCUT2D eigenvalue weighted by Gasteiger charge is 2.28. The molecule has 0 aromatic carbocycles. The van der Waals surface area contributed by atoms with Crippen LogP contribution in [-0.2, 0) is 14.3 Å². The van der Waals surface area contributed by atoms with Crippen molar-refractivity contribution in [2.75, 3.05) is 6.54 Å². The lowest BCUT2D eigenvalue weighted by molar-refractivity contribution is -0.151. The third kappa shape index (κ3) is 6.00. The summed E-state index contributed by atoms with van der Waals surface area (Å²) in [5.74, 6) is -0.926. The second-order valence-electron chi connectivity index (χ2n) is 5.98. The molecule has 106 valence electrons. The van der Waals surface area contributed by atoms with E-state index >= 15 is 0 Å². The first kappa shape index (κ1) is 16.9. The minimum Gasteiger partial charge on any atom is -0.463 e. The largest absolute Gasteiger partial charge is 0.463 e. The van der Waals surface area contributed by atoms with Gasteiger partial charge in [-0.1, -0.05) is 27.7 Å². The SMILES string of the molecule is CC(C)OC(=O)C(C)CNC(=O)[C@@H](N)C(C)(C)C. The predicted octanol–water partition coefficient (Wildman–Crippen LogP) is 1.06. The Bertz CT molecular complexity index is 295. The van der Waals surface area contributed by atoms with Crippen LogP contribution in [0.3, 0.4) is 0 Å². The highest BCUT2D eigenvalue weighted by atomic mass is 16.5. The number of nitrogens with two attached hydrogens (primary N) is 1. The number of esters is 1. The van der Waals surface area contributed by atoms with Gasteiger partial charge in [-0.05, 0) is 19.3 Å². The van der Waals surface area contributed by atoms with Gasteiger partial charge in [0.2, 0.25) is 5.91 Å². The fraction of sp³-hybridized carbons (Fsp3) is 0.846. The summed E-state index contributed by atoms with van der Waals surface area (Å²) < 4.78 is 5.05. The molecule has 0 heterocycles. The zero-order valence-corrected chi connectivity index (χ0v) is 12.2. The van der Waals surface area contributed by atoms with Gasteiger partial charge in [0.25, 0.3) is 0 Å². The molecule has 18 heavy (non-hydrogen) atoms. The number of nitrogens with one attached hydrogen (secondary N) is 1. The Kier molecular flexibility index (Phi) is 6.32. The quantitative estimate of drug-likeness (QED) is 0.723. The summed E-state index contributed by atoms with van der Waals surface area (Å²) in [5.41, 5.74) is 5.51. The van der Waals surface area contributed by atoms with Crippen molar-refractivity contribution in [1.29, 1.82) is 0 Å². The van der Waals surface area contributed by atoms with E-state index in [0.717, 1.165) is 0 Å². The average Bonchev–Trinajstić information content (AvgIpc) is 2.21. The molecule has 3 N–H and O–H groups in total. The van der Waals surface area contributed by atoms with E-state index in [2.05, 4.69) is 5.32 Å². The third-order valence-electron chi connectivity index (χ3n) is 2.55. The van der Waals surface area contributed by atoms with Crippen LogP contribution in [0.2, 0.25) is 0 Å². The monoisotopic (exact) mass is 258 g/mol. The van der Waals surface area contributed by atoms with E-state index in [4.69, 9.17) is 10.5 Å². The molecule has 0 rings (SSSR count). The number of hydrogen-bond donors (Lipinski definition) is 2. The number of carbonyl (C=O) groups is 2. The summed E-state index contributed by atoms with van der Waals surface area (Å²) in [5, 5.41) is 2.68. The Labute approximate surface area is 109 Å². The van der Waals surface area contributed by atoms with Crippen molar-refractivity contribution >= 4 is 11.9 Å². The fourth-order valence-corrected chi connectivity index (χ4v) is 1.19. The highest BCUT2D eigenvalue weighted by molar-refractivity contribution is 5.83. The predicted molar refractivity (Wildman–Crippen MR) is 70.8 cm³/mol. The molecular weight excluding hydrogens is 232 g/mol. The van der Waals surface area contributed by atoms with Gasteiger partial charge in [0.05, 0.1) is 18.1 Å². The summed E-state index contributed by atoms with van der Waals surface area (Å²) in [6.45, 7) is 11.2. The maximum Gasteiger partial charge on any atom is 0.310 e. The lowest BCUT2D eigenvalue weighted by atomic mass is 9.87. The van der Waals surface area contributed by atoms with Crippen LogP contribution in [0.15, 0.2) is 0 Å². The summed E-state index contributed by atoms with van der Waals surface area (Å²) >= 11 is 0. The van der Waals surface area contributed by atoms with Crippen LogP contribution in [0.5, 0.6) is 0 Å². The first-order valence-electron chi connectivity index (χ1n) is 6.29. The molecule has 0 aliphatic rings. The molecule has 0 aromatic rings. The molecule has 1 unspecified atom stereocenters. The molecule has 0 spiro atoms. The number of rotatable bonds is 5. The van der Waals surface area contributed by atoms with Gasteiger partial charge in [0.1, 0.15) is 0 Å². The Hall–Kier alpha value is -1.10. The van der Waals surface area contributed by atoms with Crippen LogP contribution in [-0.4, -0.2) is 30.6 Å². The molecule has 0 aliphatic heterocycles. The van der Waals surface area contributed by atoms with Crippen molar-refractivity contribution in [3.8, 4) is 0 Å². The maximum atomic E-state index is 11.8. The molecule has 1 amide bonds. The van der Waals surface area contributed by atoms with Crippen LogP contribution >= 0.6 is 0 Å². The zero-order valence-electron chi connectivity index (χ0n) is 12.2. The van der Waals surface area contributed by atoms with Crippen molar-refractivity contribution in [3.63, 3.8) is 0 Å². The van der Waals surface area contributed by atoms with E-state index in [-0.39, 0.29) is 35.9 Å². The van der Waals surface area contributed by atoms with Crippen molar-refractivity contribution < 1.29 is 14.3 Å². The number of amides is 1. The maximum absolute atomic E-state index is 11.8. The van der Waals surface area contributed by atoms with Gasteiger partial charge in [-0.2, -0.15) is 0 Å². The first-order chi connectivity index (χ1) is 8.05. The Balaban J connectivity index is 4.18. The molecule has 0 radical (unpaired) electrons. The second-order valence-corrected chi connectivity index (χ2v) is 5.98. The molecule has 0 bridgehead atoms. The molecule has 0 saturated carbocycles. The number of hydrogen-bond acceptors (Lipinski definition) is 4. The van der Waals surface area contributed by atoms with Gasteiger partial charge < -0.3 is 15.8 Å². The summed E-state index contributed by atoms with van der Waals surface area (Å²) in [4.78, 5) is 23.3. The molecule has 5 nitrogen and oxygen atoms in total. The van der Waals surface area contributed by atoms with E-state index in [9.17, 15) is 9.59 Å². The summed E-state index contributed by atoms with van der Waals surface area (Å²) in [7, 11) is 0. The molecule has 5 heteroatoms. The minimum atomic E-state index is -0.592. The van der Waals surface area contributed by atoms with Crippen LogP contribution in [0.4, 0.5) is 0 Å².